The first kappa shape index (κ1) is 15.9. The summed E-state index contributed by atoms with van der Waals surface area (Å²) in [5.74, 6) is 3.35. The second-order valence-electron chi connectivity index (χ2n) is 5.57. The van der Waals surface area contributed by atoms with Crippen molar-refractivity contribution < 1.29 is 0 Å². The summed E-state index contributed by atoms with van der Waals surface area (Å²) in [5, 5.41) is 10.0. The van der Waals surface area contributed by atoms with Gasteiger partial charge in [-0.15, -0.1) is 0 Å². The van der Waals surface area contributed by atoms with Gasteiger partial charge in [-0.1, -0.05) is 11.8 Å². The molecule has 5 nitrogen and oxygen atoms in total. The minimum absolute atomic E-state index is 0.589. The molecule has 0 atom stereocenters. The largest absolute Gasteiger partial charge is 0.355 e. The Morgan fingerprint density at radius 3 is 2.64 bits per heavy atom. The van der Waals surface area contributed by atoms with Crippen LogP contribution >= 0.6 is 23.5 Å². The van der Waals surface area contributed by atoms with Crippen molar-refractivity contribution in [1.29, 1.82) is 5.26 Å². The first-order chi connectivity index (χ1) is 10.8. The van der Waals surface area contributed by atoms with Crippen LogP contribution in [-0.4, -0.2) is 64.9 Å². The van der Waals surface area contributed by atoms with Crippen molar-refractivity contribution >= 4 is 29.3 Å². The zero-order valence-corrected chi connectivity index (χ0v) is 14.5. The molecule has 3 rings (SSSR count). The van der Waals surface area contributed by atoms with E-state index in [1.54, 1.807) is 6.20 Å². The van der Waals surface area contributed by atoms with E-state index in [2.05, 4.69) is 37.6 Å². The number of anilines is 1. The predicted molar refractivity (Wildman–Crippen MR) is 92.7 cm³/mol. The summed E-state index contributed by atoms with van der Waals surface area (Å²) < 4.78 is 0. The Balaban J connectivity index is 1.67. The molecule has 2 fully saturated rings. The fourth-order valence-electron chi connectivity index (χ4n) is 3.16. The molecule has 2 saturated heterocycles. The summed E-state index contributed by atoms with van der Waals surface area (Å²) in [4.78, 5) is 13.7. The molecule has 0 amide bonds. The summed E-state index contributed by atoms with van der Waals surface area (Å²) in [6, 6.07) is 2.93. The standard InChI is InChI=1S/C15H21N5S2/c1-21-15-17-11-12(10-16)14(18-15)20-4-2-13(3-5-20)19-6-8-22-9-7-19/h11,13H,2-9H2,1H3. The number of rotatable bonds is 3. The lowest BCUT2D eigenvalue weighted by Crippen LogP contribution is -2.48. The van der Waals surface area contributed by atoms with Gasteiger partial charge in [0.25, 0.3) is 0 Å². The quantitative estimate of drug-likeness (QED) is 0.619. The Morgan fingerprint density at radius 2 is 2.00 bits per heavy atom. The molecule has 0 saturated carbocycles. The van der Waals surface area contributed by atoms with Gasteiger partial charge < -0.3 is 4.90 Å². The number of nitriles is 1. The van der Waals surface area contributed by atoms with Gasteiger partial charge in [0.1, 0.15) is 11.6 Å². The summed E-state index contributed by atoms with van der Waals surface area (Å²) >= 11 is 3.58. The SMILES string of the molecule is CSc1ncc(C#N)c(N2CCC(N3CCSCC3)CC2)n1. The van der Waals surface area contributed by atoms with Crippen LogP contribution in [0.4, 0.5) is 5.82 Å². The van der Waals surface area contributed by atoms with Gasteiger partial charge in [0.05, 0.1) is 6.20 Å². The van der Waals surface area contributed by atoms with Gasteiger partial charge in [0.2, 0.25) is 0 Å². The van der Waals surface area contributed by atoms with Crippen LogP contribution in [0.2, 0.25) is 0 Å². The average Bonchev–Trinajstić information content (AvgIpc) is 2.62. The topological polar surface area (TPSA) is 56.1 Å². The maximum atomic E-state index is 9.29. The maximum absolute atomic E-state index is 9.29. The Bertz CT molecular complexity index is 545. The molecule has 0 aliphatic carbocycles. The third kappa shape index (κ3) is 3.50. The minimum Gasteiger partial charge on any atom is -0.355 e. The van der Waals surface area contributed by atoms with Crippen LogP contribution in [0.1, 0.15) is 18.4 Å². The van der Waals surface area contributed by atoms with Crippen LogP contribution in [0.15, 0.2) is 11.4 Å². The molecule has 118 valence electrons. The molecule has 1 aromatic rings. The van der Waals surface area contributed by atoms with Crippen LogP contribution < -0.4 is 4.90 Å². The Hall–Kier alpha value is -0.970. The van der Waals surface area contributed by atoms with Crippen molar-refractivity contribution in [2.75, 3.05) is 48.8 Å². The van der Waals surface area contributed by atoms with E-state index in [-0.39, 0.29) is 0 Å². The fourth-order valence-corrected chi connectivity index (χ4v) is 4.43. The van der Waals surface area contributed by atoms with E-state index >= 15 is 0 Å². The number of nitrogens with zero attached hydrogens (tertiary/aromatic N) is 5. The smallest absolute Gasteiger partial charge is 0.189 e. The molecule has 2 aliphatic heterocycles. The zero-order chi connectivity index (χ0) is 15.4. The number of hydrogen-bond donors (Lipinski definition) is 0. The first-order valence-electron chi connectivity index (χ1n) is 7.69. The van der Waals surface area contributed by atoms with E-state index in [9.17, 15) is 5.26 Å². The molecule has 0 unspecified atom stereocenters. The Kier molecular flexibility index (Phi) is 5.45. The fraction of sp³-hybridized carbons (Fsp3) is 0.667. The zero-order valence-electron chi connectivity index (χ0n) is 12.9. The van der Waals surface area contributed by atoms with E-state index in [0.29, 0.717) is 11.6 Å². The van der Waals surface area contributed by atoms with Crippen LogP contribution in [0.25, 0.3) is 0 Å². The van der Waals surface area contributed by atoms with Gasteiger partial charge in [-0.25, -0.2) is 9.97 Å². The van der Waals surface area contributed by atoms with E-state index in [1.807, 2.05) is 6.26 Å². The molecule has 0 spiro atoms. The highest BCUT2D eigenvalue weighted by atomic mass is 32.2. The van der Waals surface area contributed by atoms with Crippen molar-refractivity contribution in [1.82, 2.24) is 14.9 Å². The highest BCUT2D eigenvalue weighted by Gasteiger charge is 2.27. The van der Waals surface area contributed by atoms with E-state index < -0.39 is 0 Å². The molecular formula is C15H21N5S2. The normalized spacial score (nSPS) is 20.8. The van der Waals surface area contributed by atoms with Crippen molar-refractivity contribution in [3.8, 4) is 6.07 Å². The van der Waals surface area contributed by atoms with Gasteiger partial charge in [-0.05, 0) is 19.1 Å². The lowest BCUT2D eigenvalue weighted by atomic mass is 10.0. The second kappa shape index (κ2) is 7.53. The van der Waals surface area contributed by atoms with Gasteiger partial charge in [-0.3, -0.25) is 4.90 Å². The first-order valence-corrected chi connectivity index (χ1v) is 10.1. The third-order valence-electron chi connectivity index (χ3n) is 4.38. The summed E-state index contributed by atoms with van der Waals surface area (Å²) in [6.45, 7) is 4.41. The number of piperidine rings is 1. The van der Waals surface area contributed by atoms with Gasteiger partial charge in [0, 0.05) is 43.7 Å². The van der Waals surface area contributed by atoms with Gasteiger partial charge in [0.15, 0.2) is 11.0 Å². The van der Waals surface area contributed by atoms with Crippen molar-refractivity contribution in [2.24, 2.45) is 0 Å². The molecule has 7 heteroatoms. The number of aromatic nitrogens is 2. The molecule has 2 aliphatic rings. The lowest BCUT2D eigenvalue weighted by Gasteiger charge is -2.40. The number of thioether (sulfide) groups is 2. The summed E-state index contributed by atoms with van der Waals surface area (Å²) in [6.07, 6.45) is 5.94. The van der Waals surface area contributed by atoms with E-state index in [0.717, 1.165) is 36.9 Å². The monoisotopic (exact) mass is 335 g/mol. The van der Waals surface area contributed by atoms with Crippen LogP contribution in [0.5, 0.6) is 0 Å². The number of hydrogen-bond acceptors (Lipinski definition) is 7. The Morgan fingerprint density at radius 1 is 1.27 bits per heavy atom. The van der Waals surface area contributed by atoms with Crippen molar-refractivity contribution in [2.45, 2.75) is 24.0 Å². The molecule has 0 bridgehead atoms. The Labute approximate surface area is 140 Å². The van der Waals surface area contributed by atoms with E-state index in [4.69, 9.17) is 0 Å². The van der Waals surface area contributed by atoms with Gasteiger partial charge >= 0.3 is 0 Å². The summed E-state index contributed by atoms with van der Waals surface area (Å²) in [5.41, 5.74) is 0.589. The average molecular weight is 336 g/mol. The molecule has 3 heterocycles. The molecule has 22 heavy (non-hydrogen) atoms. The van der Waals surface area contributed by atoms with Crippen LogP contribution in [-0.2, 0) is 0 Å². The molecule has 0 N–H and O–H groups in total. The highest BCUT2D eigenvalue weighted by Crippen LogP contribution is 2.26. The molecule has 0 aromatic carbocycles. The maximum Gasteiger partial charge on any atom is 0.189 e. The van der Waals surface area contributed by atoms with Crippen molar-refractivity contribution in [3.63, 3.8) is 0 Å². The lowest BCUT2D eigenvalue weighted by molar-refractivity contribution is 0.185. The molecular weight excluding hydrogens is 314 g/mol. The van der Waals surface area contributed by atoms with E-state index in [1.165, 1.54) is 36.4 Å². The third-order valence-corrected chi connectivity index (χ3v) is 5.88. The second-order valence-corrected chi connectivity index (χ2v) is 7.57. The molecule has 0 radical (unpaired) electrons. The predicted octanol–water partition coefficient (Wildman–Crippen LogP) is 2.09. The molecule has 1 aromatic heterocycles. The van der Waals surface area contributed by atoms with Crippen molar-refractivity contribution in [3.05, 3.63) is 11.8 Å². The van der Waals surface area contributed by atoms with Crippen LogP contribution in [0.3, 0.4) is 0 Å². The van der Waals surface area contributed by atoms with Crippen LogP contribution in [0, 0.1) is 11.3 Å². The highest BCUT2D eigenvalue weighted by molar-refractivity contribution is 7.99. The minimum atomic E-state index is 0.589. The summed E-state index contributed by atoms with van der Waals surface area (Å²) in [7, 11) is 0. The van der Waals surface area contributed by atoms with Gasteiger partial charge in [-0.2, -0.15) is 17.0 Å².